The van der Waals surface area contributed by atoms with Crippen molar-refractivity contribution in [2.75, 3.05) is 13.2 Å². The Morgan fingerprint density at radius 1 is 1.33 bits per heavy atom. The van der Waals surface area contributed by atoms with Crippen LogP contribution in [0.2, 0.25) is 5.02 Å². The molecule has 0 unspecified atom stereocenters. The molecule has 0 radical (unpaired) electrons. The zero-order chi connectivity index (χ0) is 15.9. The highest BCUT2D eigenvalue weighted by Crippen LogP contribution is 2.28. The Bertz CT molecular complexity index is 475. The number of halogens is 1. The minimum atomic E-state index is -0.229. The van der Waals surface area contributed by atoms with Gasteiger partial charge < -0.3 is 15.4 Å². The Kier molecular flexibility index (Phi) is 6.99. The van der Waals surface area contributed by atoms with Crippen LogP contribution >= 0.6 is 11.6 Å². The first-order valence-corrected chi connectivity index (χ1v) is 7.69. The van der Waals surface area contributed by atoms with Crippen molar-refractivity contribution >= 4 is 17.5 Å². The van der Waals surface area contributed by atoms with E-state index in [1.165, 1.54) is 0 Å². The summed E-state index contributed by atoms with van der Waals surface area (Å²) < 4.78 is 5.63. The molecule has 21 heavy (non-hydrogen) atoms. The smallest absolute Gasteiger partial charge is 0.258 e. The number of carbonyl (C=O) groups is 1. The molecule has 1 amide bonds. The maximum Gasteiger partial charge on any atom is 0.258 e. The van der Waals surface area contributed by atoms with Crippen molar-refractivity contribution < 1.29 is 9.53 Å². The van der Waals surface area contributed by atoms with E-state index in [-0.39, 0.29) is 18.1 Å². The summed E-state index contributed by atoms with van der Waals surface area (Å²) in [6.45, 7) is 9.51. The second-order valence-electron chi connectivity index (χ2n) is 5.58. The summed E-state index contributed by atoms with van der Waals surface area (Å²) in [5.41, 5.74) is 0.722. The van der Waals surface area contributed by atoms with Gasteiger partial charge in [0.05, 0.1) is 5.02 Å². The SMILES string of the molecule is CCNCc1cccc(Cl)c1OCC(=O)NC(C)(C)CC. The third kappa shape index (κ3) is 5.94. The molecule has 1 rings (SSSR count). The molecule has 0 spiro atoms. The molecule has 4 nitrogen and oxygen atoms in total. The lowest BCUT2D eigenvalue weighted by atomic mass is 10.0. The highest BCUT2D eigenvalue weighted by Gasteiger charge is 2.18. The lowest BCUT2D eigenvalue weighted by Gasteiger charge is -2.24. The number of carbonyl (C=O) groups excluding carboxylic acids is 1. The molecule has 1 aromatic carbocycles. The molecule has 118 valence electrons. The standard InChI is InChI=1S/C16H25ClN2O2/c1-5-16(3,4)19-14(20)11-21-15-12(10-18-6-2)8-7-9-13(15)17/h7-9,18H,5-6,10-11H2,1-4H3,(H,19,20). The van der Waals surface area contributed by atoms with E-state index in [1.54, 1.807) is 6.07 Å². The minimum absolute atomic E-state index is 0.0354. The number of ether oxygens (including phenoxy) is 1. The largest absolute Gasteiger partial charge is 0.482 e. The summed E-state index contributed by atoms with van der Waals surface area (Å²) in [6.07, 6.45) is 0.858. The molecule has 0 aliphatic rings. The first-order valence-electron chi connectivity index (χ1n) is 7.31. The predicted molar refractivity (Wildman–Crippen MR) is 86.8 cm³/mol. The zero-order valence-corrected chi connectivity index (χ0v) is 14.0. The van der Waals surface area contributed by atoms with Gasteiger partial charge in [-0.25, -0.2) is 0 Å². The van der Waals surface area contributed by atoms with Crippen LogP contribution in [0.5, 0.6) is 5.75 Å². The van der Waals surface area contributed by atoms with Crippen molar-refractivity contribution in [3.63, 3.8) is 0 Å². The number of para-hydroxylation sites is 1. The van der Waals surface area contributed by atoms with Crippen LogP contribution in [0.1, 0.15) is 39.7 Å². The molecule has 2 N–H and O–H groups in total. The summed E-state index contributed by atoms with van der Waals surface area (Å²) in [5.74, 6) is 0.431. The average Bonchev–Trinajstić information content (AvgIpc) is 2.43. The van der Waals surface area contributed by atoms with Crippen LogP contribution in [0.3, 0.4) is 0 Å². The van der Waals surface area contributed by atoms with Gasteiger partial charge in [0, 0.05) is 17.6 Å². The van der Waals surface area contributed by atoms with E-state index in [2.05, 4.69) is 10.6 Å². The molecule has 0 aromatic heterocycles. The molecular weight excluding hydrogens is 288 g/mol. The van der Waals surface area contributed by atoms with Gasteiger partial charge >= 0.3 is 0 Å². The Balaban J connectivity index is 2.68. The first-order chi connectivity index (χ1) is 9.89. The number of nitrogens with one attached hydrogen (secondary N) is 2. The molecular formula is C16H25ClN2O2. The van der Waals surface area contributed by atoms with Crippen LogP contribution in [0, 0.1) is 0 Å². The van der Waals surface area contributed by atoms with E-state index in [0.29, 0.717) is 17.3 Å². The Labute approximate surface area is 132 Å². The van der Waals surface area contributed by atoms with Gasteiger partial charge in [0.15, 0.2) is 6.61 Å². The Hall–Kier alpha value is -1.26. The second-order valence-corrected chi connectivity index (χ2v) is 5.99. The number of hydrogen-bond donors (Lipinski definition) is 2. The molecule has 0 saturated heterocycles. The molecule has 0 aliphatic carbocycles. The third-order valence-corrected chi connectivity index (χ3v) is 3.62. The summed E-state index contributed by atoms with van der Waals surface area (Å²) in [5, 5.41) is 6.68. The Morgan fingerprint density at radius 3 is 2.67 bits per heavy atom. The van der Waals surface area contributed by atoms with Crippen molar-refractivity contribution in [1.82, 2.24) is 10.6 Å². The quantitative estimate of drug-likeness (QED) is 0.775. The second kappa shape index (κ2) is 8.25. The van der Waals surface area contributed by atoms with E-state index in [1.807, 2.05) is 39.8 Å². The average molecular weight is 313 g/mol. The normalized spacial score (nSPS) is 11.3. The topological polar surface area (TPSA) is 50.4 Å². The van der Waals surface area contributed by atoms with Crippen molar-refractivity contribution in [2.24, 2.45) is 0 Å². The highest BCUT2D eigenvalue weighted by atomic mass is 35.5. The molecule has 0 aliphatic heterocycles. The van der Waals surface area contributed by atoms with Crippen molar-refractivity contribution in [3.8, 4) is 5.75 Å². The van der Waals surface area contributed by atoms with Gasteiger partial charge in [0.2, 0.25) is 0 Å². The van der Waals surface area contributed by atoms with Gasteiger partial charge in [-0.1, -0.05) is 37.6 Å². The van der Waals surface area contributed by atoms with Gasteiger partial charge in [0.25, 0.3) is 5.91 Å². The monoisotopic (exact) mass is 312 g/mol. The van der Waals surface area contributed by atoms with Crippen LogP contribution in [0.15, 0.2) is 18.2 Å². The zero-order valence-electron chi connectivity index (χ0n) is 13.3. The van der Waals surface area contributed by atoms with E-state index in [0.717, 1.165) is 18.5 Å². The third-order valence-electron chi connectivity index (χ3n) is 3.32. The summed E-state index contributed by atoms with van der Waals surface area (Å²) >= 11 is 6.17. The molecule has 0 heterocycles. The molecule has 0 atom stereocenters. The fraction of sp³-hybridized carbons (Fsp3) is 0.562. The van der Waals surface area contributed by atoms with Crippen LogP contribution in [0.4, 0.5) is 0 Å². The molecule has 5 heteroatoms. The summed E-state index contributed by atoms with van der Waals surface area (Å²) in [7, 11) is 0. The van der Waals surface area contributed by atoms with Crippen LogP contribution in [0.25, 0.3) is 0 Å². The number of benzene rings is 1. The lowest BCUT2D eigenvalue weighted by molar-refractivity contribution is -0.124. The van der Waals surface area contributed by atoms with E-state index in [9.17, 15) is 4.79 Å². The maximum absolute atomic E-state index is 11.9. The first kappa shape index (κ1) is 17.8. The van der Waals surface area contributed by atoms with Crippen molar-refractivity contribution in [2.45, 2.75) is 46.2 Å². The van der Waals surface area contributed by atoms with Crippen LogP contribution in [-0.2, 0) is 11.3 Å². The summed E-state index contributed by atoms with van der Waals surface area (Å²) in [4.78, 5) is 11.9. The number of hydrogen-bond acceptors (Lipinski definition) is 3. The molecule has 1 aromatic rings. The Morgan fingerprint density at radius 2 is 2.05 bits per heavy atom. The van der Waals surface area contributed by atoms with Crippen molar-refractivity contribution in [1.29, 1.82) is 0 Å². The molecule has 0 bridgehead atoms. The van der Waals surface area contributed by atoms with Gasteiger partial charge in [-0.2, -0.15) is 0 Å². The van der Waals surface area contributed by atoms with Crippen molar-refractivity contribution in [3.05, 3.63) is 28.8 Å². The van der Waals surface area contributed by atoms with E-state index < -0.39 is 0 Å². The molecule has 0 saturated carbocycles. The van der Waals surface area contributed by atoms with Gasteiger partial charge in [-0.05, 0) is 32.9 Å². The fourth-order valence-corrected chi connectivity index (χ4v) is 2.00. The molecule has 0 fully saturated rings. The van der Waals surface area contributed by atoms with Gasteiger partial charge in [-0.15, -0.1) is 0 Å². The van der Waals surface area contributed by atoms with Gasteiger partial charge in [0.1, 0.15) is 5.75 Å². The lowest BCUT2D eigenvalue weighted by Crippen LogP contribution is -2.45. The highest BCUT2D eigenvalue weighted by molar-refractivity contribution is 6.32. The number of amides is 1. The number of rotatable bonds is 8. The van der Waals surface area contributed by atoms with Gasteiger partial charge in [-0.3, -0.25) is 4.79 Å². The van der Waals surface area contributed by atoms with E-state index >= 15 is 0 Å². The minimum Gasteiger partial charge on any atom is -0.482 e. The van der Waals surface area contributed by atoms with Crippen LogP contribution < -0.4 is 15.4 Å². The fourth-order valence-electron chi connectivity index (χ4n) is 1.75. The van der Waals surface area contributed by atoms with Crippen LogP contribution in [-0.4, -0.2) is 24.6 Å². The maximum atomic E-state index is 11.9. The predicted octanol–water partition coefficient (Wildman–Crippen LogP) is 3.13. The van der Waals surface area contributed by atoms with E-state index in [4.69, 9.17) is 16.3 Å². The summed E-state index contributed by atoms with van der Waals surface area (Å²) in [6, 6.07) is 5.58.